The van der Waals surface area contributed by atoms with Gasteiger partial charge >= 0.3 is 0 Å². The van der Waals surface area contributed by atoms with E-state index >= 15 is 0 Å². The quantitative estimate of drug-likeness (QED) is 0.870. The first-order chi connectivity index (χ1) is 9.65. The second-order valence-corrected chi connectivity index (χ2v) is 5.03. The molecule has 0 spiro atoms. The molecule has 0 amide bonds. The van der Waals surface area contributed by atoms with Crippen LogP contribution in [0.4, 0.5) is 8.78 Å². The second kappa shape index (κ2) is 7.45. The van der Waals surface area contributed by atoms with Crippen molar-refractivity contribution < 1.29 is 18.3 Å². The monoisotopic (exact) mass is 283 g/mol. The molecule has 20 heavy (non-hydrogen) atoms. The van der Waals surface area contributed by atoms with Gasteiger partial charge in [0.25, 0.3) is 0 Å². The Morgan fingerprint density at radius 3 is 2.70 bits per heavy atom. The van der Waals surface area contributed by atoms with E-state index in [0.29, 0.717) is 18.6 Å². The van der Waals surface area contributed by atoms with E-state index in [4.69, 9.17) is 4.74 Å². The van der Waals surface area contributed by atoms with Gasteiger partial charge in [-0.05, 0) is 43.6 Å². The van der Waals surface area contributed by atoms with E-state index in [-0.39, 0.29) is 18.3 Å². The largest absolute Gasteiger partial charge is 0.378 e. The maximum absolute atomic E-state index is 13.0. The molecule has 1 N–H and O–H groups in total. The van der Waals surface area contributed by atoms with Crippen molar-refractivity contribution in [1.82, 2.24) is 5.32 Å². The van der Waals surface area contributed by atoms with Gasteiger partial charge in [0, 0.05) is 12.8 Å². The lowest BCUT2D eigenvalue weighted by Gasteiger charge is -2.22. The molecule has 0 radical (unpaired) electrons. The van der Waals surface area contributed by atoms with Gasteiger partial charge in [0.1, 0.15) is 5.78 Å². The fourth-order valence-corrected chi connectivity index (χ4v) is 2.27. The van der Waals surface area contributed by atoms with Crippen LogP contribution in [0.2, 0.25) is 0 Å². The SMILES string of the molecule is O=C(CCOC1CCNCC1)Cc1ccc(F)c(F)c1. The highest BCUT2D eigenvalue weighted by Gasteiger charge is 2.14. The van der Waals surface area contributed by atoms with Crippen LogP contribution in [0.15, 0.2) is 18.2 Å². The molecule has 0 bridgehead atoms. The van der Waals surface area contributed by atoms with Crippen LogP contribution in [-0.4, -0.2) is 31.6 Å². The topological polar surface area (TPSA) is 38.3 Å². The Bertz CT molecular complexity index is 459. The molecule has 0 atom stereocenters. The summed E-state index contributed by atoms with van der Waals surface area (Å²) in [5.41, 5.74) is 0.496. The number of Topliss-reactive ketones (excluding diaryl/α,β-unsaturated/α-hetero) is 1. The number of benzene rings is 1. The van der Waals surface area contributed by atoms with Crippen molar-refractivity contribution in [3.05, 3.63) is 35.4 Å². The number of halogens is 2. The first kappa shape index (κ1) is 15.1. The van der Waals surface area contributed by atoms with E-state index in [9.17, 15) is 13.6 Å². The molecule has 0 unspecified atom stereocenters. The van der Waals surface area contributed by atoms with Gasteiger partial charge in [-0.1, -0.05) is 6.07 Å². The van der Waals surface area contributed by atoms with Crippen LogP contribution in [0.1, 0.15) is 24.8 Å². The maximum atomic E-state index is 13.0. The van der Waals surface area contributed by atoms with Crippen molar-refractivity contribution in [2.24, 2.45) is 0 Å². The van der Waals surface area contributed by atoms with Crippen molar-refractivity contribution in [3.63, 3.8) is 0 Å². The molecule has 0 saturated carbocycles. The first-order valence-corrected chi connectivity index (χ1v) is 6.93. The third-order valence-electron chi connectivity index (χ3n) is 3.41. The molecule has 1 heterocycles. The van der Waals surface area contributed by atoms with E-state index in [0.717, 1.165) is 38.1 Å². The molecule has 1 saturated heterocycles. The summed E-state index contributed by atoms with van der Waals surface area (Å²) in [4.78, 5) is 11.7. The van der Waals surface area contributed by atoms with Crippen molar-refractivity contribution in [1.29, 1.82) is 0 Å². The zero-order valence-corrected chi connectivity index (χ0v) is 11.3. The van der Waals surface area contributed by atoms with Crippen LogP contribution < -0.4 is 5.32 Å². The molecular formula is C15H19F2NO2. The standard InChI is InChI=1S/C15H19F2NO2/c16-14-2-1-11(10-15(14)17)9-12(19)5-8-20-13-3-6-18-7-4-13/h1-2,10,13,18H,3-9H2. The van der Waals surface area contributed by atoms with Crippen LogP contribution in [0, 0.1) is 11.6 Å². The number of ketones is 1. The Kier molecular flexibility index (Phi) is 5.61. The summed E-state index contributed by atoms with van der Waals surface area (Å²) >= 11 is 0. The Labute approximate surface area is 117 Å². The predicted molar refractivity (Wildman–Crippen MR) is 71.5 cm³/mol. The van der Waals surface area contributed by atoms with Crippen LogP contribution >= 0.6 is 0 Å². The van der Waals surface area contributed by atoms with Gasteiger partial charge in [-0.3, -0.25) is 4.79 Å². The minimum atomic E-state index is -0.916. The van der Waals surface area contributed by atoms with Gasteiger partial charge in [-0.15, -0.1) is 0 Å². The lowest BCUT2D eigenvalue weighted by atomic mass is 10.1. The molecule has 1 aliphatic rings. The number of piperidine rings is 1. The highest BCUT2D eigenvalue weighted by molar-refractivity contribution is 5.80. The van der Waals surface area contributed by atoms with Gasteiger partial charge in [0.2, 0.25) is 0 Å². The summed E-state index contributed by atoms with van der Waals surface area (Å²) in [7, 11) is 0. The fourth-order valence-electron chi connectivity index (χ4n) is 2.27. The van der Waals surface area contributed by atoms with Crippen LogP contribution in [0.3, 0.4) is 0 Å². The number of rotatable bonds is 6. The van der Waals surface area contributed by atoms with Crippen molar-refractivity contribution in [2.75, 3.05) is 19.7 Å². The Morgan fingerprint density at radius 2 is 2.00 bits per heavy atom. The highest BCUT2D eigenvalue weighted by atomic mass is 19.2. The molecule has 0 aliphatic carbocycles. The van der Waals surface area contributed by atoms with Crippen molar-refractivity contribution in [3.8, 4) is 0 Å². The summed E-state index contributed by atoms with van der Waals surface area (Å²) in [6.07, 6.45) is 2.59. The molecule has 110 valence electrons. The number of ether oxygens (including phenoxy) is 1. The molecule has 1 aliphatic heterocycles. The molecule has 5 heteroatoms. The van der Waals surface area contributed by atoms with Crippen molar-refractivity contribution >= 4 is 5.78 Å². The van der Waals surface area contributed by atoms with E-state index in [1.165, 1.54) is 6.07 Å². The average Bonchev–Trinajstić information content (AvgIpc) is 2.44. The number of carbonyl (C=O) groups is 1. The lowest BCUT2D eigenvalue weighted by Crippen LogP contribution is -2.32. The summed E-state index contributed by atoms with van der Waals surface area (Å²) in [5.74, 6) is -1.83. The molecule has 0 aromatic heterocycles. The molecule has 1 aromatic carbocycles. The number of nitrogens with one attached hydrogen (secondary N) is 1. The highest BCUT2D eigenvalue weighted by Crippen LogP contribution is 2.11. The van der Waals surface area contributed by atoms with Gasteiger partial charge in [-0.2, -0.15) is 0 Å². The van der Waals surface area contributed by atoms with Gasteiger partial charge in [0.15, 0.2) is 11.6 Å². The third kappa shape index (κ3) is 4.65. The normalized spacial score (nSPS) is 16.3. The average molecular weight is 283 g/mol. The van der Waals surface area contributed by atoms with E-state index in [1.54, 1.807) is 0 Å². The second-order valence-electron chi connectivity index (χ2n) is 5.03. The minimum absolute atomic E-state index is 0.0232. The lowest BCUT2D eigenvalue weighted by molar-refractivity contribution is -0.120. The number of carbonyl (C=O) groups excluding carboxylic acids is 1. The van der Waals surface area contributed by atoms with Crippen LogP contribution in [0.5, 0.6) is 0 Å². The molecule has 3 nitrogen and oxygen atoms in total. The third-order valence-corrected chi connectivity index (χ3v) is 3.41. The molecular weight excluding hydrogens is 264 g/mol. The zero-order valence-electron chi connectivity index (χ0n) is 11.3. The first-order valence-electron chi connectivity index (χ1n) is 6.93. The summed E-state index contributed by atoms with van der Waals surface area (Å²) in [5, 5.41) is 3.24. The minimum Gasteiger partial charge on any atom is -0.378 e. The van der Waals surface area contributed by atoms with Crippen LogP contribution in [-0.2, 0) is 16.0 Å². The Morgan fingerprint density at radius 1 is 1.25 bits per heavy atom. The zero-order chi connectivity index (χ0) is 14.4. The van der Waals surface area contributed by atoms with E-state index in [1.807, 2.05) is 0 Å². The fraction of sp³-hybridized carbons (Fsp3) is 0.533. The molecule has 1 aromatic rings. The Balaban J connectivity index is 1.70. The summed E-state index contributed by atoms with van der Waals surface area (Å²) in [6.45, 7) is 2.30. The van der Waals surface area contributed by atoms with Gasteiger partial charge < -0.3 is 10.1 Å². The maximum Gasteiger partial charge on any atom is 0.159 e. The van der Waals surface area contributed by atoms with Crippen molar-refractivity contribution in [2.45, 2.75) is 31.8 Å². The molecule has 1 fully saturated rings. The smallest absolute Gasteiger partial charge is 0.159 e. The summed E-state index contributed by atoms with van der Waals surface area (Å²) in [6, 6.07) is 3.55. The predicted octanol–water partition coefficient (Wildman–Crippen LogP) is 2.24. The molecule has 2 rings (SSSR count). The number of hydrogen-bond acceptors (Lipinski definition) is 3. The van der Waals surface area contributed by atoms with E-state index in [2.05, 4.69) is 5.32 Å². The number of hydrogen-bond donors (Lipinski definition) is 1. The van der Waals surface area contributed by atoms with Gasteiger partial charge in [-0.25, -0.2) is 8.78 Å². The van der Waals surface area contributed by atoms with Crippen LogP contribution in [0.25, 0.3) is 0 Å². The van der Waals surface area contributed by atoms with Gasteiger partial charge in [0.05, 0.1) is 12.7 Å². The summed E-state index contributed by atoms with van der Waals surface area (Å²) < 4.78 is 31.4. The van der Waals surface area contributed by atoms with E-state index < -0.39 is 11.6 Å². The Hall–Kier alpha value is -1.33.